The molecule has 0 spiro atoms. The van der Waals surface area contributed by atoms with Crippen molar-refractivity contribution in [1.29, 1.82) is 0 Å². The number of rotatable bonds is 5. The Morgan fingerprint density at radius 3 is 2.50 bits per heavy atom. The highest BCUT2D eigenvalue weighted by molar-refractivity contribution is 6.18. The van der Waals surface area contributed by atoms with Gasteiger partial charge in [0.05, 0.1) is 12.5 Å². The zero-order valence-corrected chi connectivity index (χ0v) is 7.04. The molecular weight excluding hydrogens is 184 g/mol. The zero-order chi connectivity index (χ0) is 9.56. The molecule has 68 valence electrons. The van der Waals surface area contributed by atoms with Crippen LogP contribution in [-0.4, -0.2) is 34.1 Å². The first-order valence-corrected chi connectivity index (χ1v) is 3.82. The van der Waals surface area contributed by atoms with Gasteiger partial charge in [-0.15, -0.1) is 11.6 Å². The highest BCUT2D eigenvalue weighted by Crippen LogP contribution is 2.07. The number of carbonyl (C=O) groups is 1. The fourth-order valence-corrected chi connectivity index (χ4v) is 0.781. The lowest BCUT2D eigenvalue weighted by Gasteiger charge is -2.04. The Kier molecular flexibility index (Phi) is 5.37. The van der Waals surface area contributed by atoms with Gasteiger partial charge in [0.2, 0.25) is 0 Å². The standard InChI is InChI=1S/C7H9ClO4/c8-3-6(10)1-5(4-9)2-7(11)12/h6,10H,1-3H2,(H,11,12)/t6-/m0/s1. The van der Waals surface area contributed by atoms with E-state index in [0.29, 0.717) is 0 Å². The topological polar surface area (TPSA) is 74.6 Å². The summed E-state index contributed by atoms with van der Waals surface area (Å²) in [6.07, 6.45) is -1.29. The Morgan fingerprint density at radius 2 is 2.17 bits per heavy atom. The molecule has 0 radical (unpaired) electrons. The second-order valence-corrected chi connectivity index (χ2v) is 2.60. The molecule has 5 heteroatoms. The fourth-order valence-electron chi connectivity index (χ4n) is 0.671. The summed E-state index contributed by atoms with van der Waals surface area (Å²) < 4.78 is 0. The van der Waals surface area contributed by atoms with E-state index >= 15 is 0 Å². The molecule has 12 heavy (non-hydrogen) atoms. The van der Waals surface area contributed by atoms with Crippen molar-refractivity contribution in [2.45, 2.75) is 18.9 Å². The van der Waals surface area contributed by atoms with Gasteiger partial charge >= 0.3 is 5.97 Å². The van der Waals surface area contributed by atoms with E-state index in [9.17, 15) is 9.59 Å². The Bertz CT molecular complexity index is 207. The van der Waals surface area contributed by atoms with Crippen LogP contribution in [0.15, 0.2) is 5.57 Å². The van der Waals surface area contributed by atoms with Crippen LogP contribution in [0.5, 0.6) is 0 Å². The van der Waals surface area contributed by atoms with E-state index in [4.69, 9.17) is 21.8 Å². The van der Waals surface area contributed by atoms with Crippen LogP contribution in [-0.2, 0) is 9.59 Å². The molecule has 0 saturated carbocycles. The molecule has 4 nitrogen and oxygen atoms in total. The van der Waals surface area contributed by atoms with Crippen molar-refractivity contribution in [1.82, 2.24) is 0 Å². The van der Waals surface area contributed by atoms with Crippen LogP contribution in [0.3, 0.4) is 0 Å². The van der Waals surface area contributed by atoms with Gasteiger partial charge in [-0.3, -0.25) is 4.79 Å². The molecule has 0 aromatic carbocycles. The van der Waals surface area contributed by atoms with Crippen LogP contribution in [0.2, 0.25) is 0 Å². The predicted octanol–water partition coefficient (Wildman–Crippen LogP) is 0.209. The lowest BCUT2D eigenvalue weighted by atomic mass is 10.1. The number of alkyl halides is 1. The van der Waals surface area contributed by atoms with Crippen molar-refractivity contribution in [3.8, 4) is 0 Å². The maximum atomic E-state index is 10.1. The second-order valence-electron chi connectivity index (χ2n) is 2.29. The molecule has 0 aliphatic heterocycles. The van der Waals surface area contributed by atoms with Crippen LogP contribution in [0, 0.1) is 0 Å². The third-order valence-electron chi connectivity index (χ3n) is 1.17. The molecular formula is C7H9ClO4. The van der Waals surface area contributed by atoms with E-state index in [2.05, 4.69) is 0 Å². The van der Waals surface area contributed by atoms with E-state index in [0.717, 1.165) is 0 Å². The summed E-state index contributed by atoms with van der Waals surface area (Å²) in [5, 5.41) is 17.2. The van der Waals surface area contributed by atoms with Crippen molar-refractivity contribution >= 4 is 23.5 Å². The molecule has 0 rings (SSSR count). The summed E-state index contributed by atoms with van der Waals surface area (Å²) in [4.78, 5) is 20.2. The molecule has 0 unspecified atom stereocenters. The number of hydrogen-bond donors (Lipinski definition) is 2. The molecule has 0 amide bonds. The van der Waals surface area contributed by atoms with Crippen LogP contribution < -0.4 is 0 Å². The Balaban J connectivity index is 4.02. The monoisotopic (exact) mass is 192 g/mol. The van der Waals surface area contributed by atoms with Gasteiger partial charge in [0, 0.05) is 17.9 Å². The van der Waals surface area contributed by atoms with Crippen molar-refractivity contribution in [2.24, 2.45) is 0 Å². The van der Waals surface area contributed by atoms with Gasteiger partial charge in [0.25, 0.3) is 0 Å². The lowest BCUT2D eigenvalue weighted by Crippen LogP contribution is -2.11. The van der Waals surface area contributed by atoms with E-state index in [-0.39, 0.29) is 17.9 Å². The fraction of sp³-hybridized carbons (Fsp3) is 0.571. The average Bonchev–Trinajstić information content (AvgIpc) is 2.02. The summed E-state index contributed by atoms with van der Waals surface area (Å²) in [7, 11) is 0. The summed E-state index contributed by atoms with van der Waals surface area (Å²) in [6.45, 7) is 0. The van der Waals surface area contributed by atoms with Gasteiger partial charge < -0.3 is 10.2 Å². The molecule has 0 aromatic heterocycles. The highest BCUT2D eigenvalue weighted by Gasteiger charge is 2.10. The number of halogens is 1. The van der Waals surface area contributed by atoms with Gasteiger partial charge in [0.1, 0.15) is 5.94 Å². The van der Waals surface area contributed by atoms with Gasteiger partial charge in [-0.2, -0.15) is 0 Å². The maximum Gasteiger partial charge on any atom is 0.308 e. The smallest absolute Gasteiger partial charge is 0.308 e. The third-order valence-corrected chi connectivity index (χ3v) is 1.53. The SMILES string of the molecule is O=C=C(CC(=O)O)C[C@H](O)CCl. The number of aliphatic hydroxyl groups excluding tert-OH is 1. The highest BCUT2D eigenvalue weighted by atomic mass is 35.5. The van der Waals surface area contributed by atoms with Crippen molar-refractivity contribution in [3.63, 3.8) is 0 Å². The second kappa shape index (κ2) is 5.77. The average molecular weight is 193 g/mol. The van der Waals surface area contributed by atoms with Crippen LogP contribution >= 0.6 is 11.6 Å². The number of carbonyl (C=O) groups excluding carboxylic acids is 1. The summed E-state index contributed by atoms with van der Waals surface area (Å²) in [5.74, 6) is 0.327. The van der Waals surface area contributed by atoms with E-state index in [1.54, 1.807) is 0 Å². The first-order chi connectivity index (χ1) is 5.60. The van der Waals surface area contributed by atoms with Gasteiger partial charge in [-0.25, -0.2) is 4.79 Å². The molecule has 0 heterocycles. The van der Waals surface area contributed by atoms with E-state index < -0.39 is 18.5 Å². The van der Waals surface area contributed by atoms with Crippen molar-refractivity contribution in [3.05, 3.63) is 5.57 Å². The molecule has 0 bridgehead atoms. The molecule has 0 fully saturated rings. The number of carboxylic acids is 1. The minimum Gasteiger partial charge on any atom is -0.481 e. The number of aliphatic carboxylic acids is 1. The van der Waals surface area contributed by atoms with Crippen LogP contribution in [0.1, 0.15) is 12.8 Å². The third kappa shape index (κ3) is 4.91. The molecule has 0 saturated heterocycles. The van der Waals surface area contributed by atoms with E-state index in [1.807, 2.05) is 0 Å². The molecule has 0 aliphatic carbocycles. The normalized spacial score (nSPS) is 11.8. The van der Waals surface area contributed by atoms with Crippen molar-refractivity contribution < 1.29 is 19.8 Å². The van der Waals surface area contributed by atoms with Crippen LogP contribution in [0.25, 0.3) is 0 Å². The first-order valence-electron chi connectivity index (χ1n) is 3.28. The van der Waals surface area contributed by atoms with E-state index in [1.165, 1.54) is 5.94 Å². The maximum absolute atomic E-state index is 10.1. The first kappa shape index (κ1) is 11.2. The van der Waals surface area contributed by atoms with Gasteiger partial charge in [0.15, 0.2) is 0 Å². The predicted molar refractivity (Wildman–Crippen MR) is 42.8 cm³/mol. The van der Waals surface area contributed by atoms with Gasteiger partial charge in [-0.05, 0) is 0 Å². The Labute approximate surface area is 74.5 Å². The largest absolute Gasteiger partial charge is 0.481 e. The summed E-state index contributed by atoms with van der Waals surface area (Å²) in [5.41, 5.74) is 0.0238. The molecule has 1 atom stereocenters. The number of hydrogen-bond acceptors (Lipinski definition) is 3. The number of carboxylic acid groups (broad SMARTS) is 1. The van der Waals surface area contributed by atoms with Gasteiger partial charge in [-0.1, -0.05) is 0 Å². The molecule has 0 aliphatic rings. The zero-order valence-electron chi connectivity index (χ0n) is 6.29. The Hall–Kier alpha value is -0.830. The minimum absolute atomic E-state index is 0.0230. The summed E-state index contributed by atoms with van der Waals surface area (Å²) >= 11 is 5.25. The minimum atomic E-state index is -1.12. The van der Waals surface area contributed by atoms with Crippen molar-refractivity contribution in [2.75, 3.05) is 5.88 Å². The summed E-state index contributed by atoms with van der Waals surface area (Å²) in [6, 6.07) is 0. The molecule has 0 aromatic rings. The Morgan fingerprint density at radius 1 is 1.58 bits per heavy atom. The van der Waals surface area contributed by atoms with Crippen LogP contribution in [0.4, 0.5) is 0 Å². The quantitative estimate of drug-likeness (QED) is 0.482. The number of aliphatic hydroxyl groups is 1. The lowest BCUT2D eigenvalue weighted by molar-refractivity contribution is -0.136. The molecule has 2 N–H and O–H groups in total.